The number of carbonyl (C=O) groups is 2. The molecule has 1 heterocycles. The van der Waals surface area contributed by atoms with Crippen LogP contribution in [0.1, 0.15) is 24.8 Å². The molecule has 19 heavy (non-hydrogen) atoms. The Labute approximate surface area is 115 Å². The van der Waals surface area contributed by atoms with E-state index in [1.807, 2.05) is 12.1 Å². The SMILES string of the molecule is O=C(O)CCN1N=C(c2ccc(Cl)cc2)CCC1=O. The van der Waals surface area contributed by atoms with Gasteiger partial charge in [-0.15, -0.1) is 0 Å². The van der Waals surface area contributed by atoms with E-state index in [0.717, 1.165) is 11.3 Å². The largest absolute Gasteiger partial charge is 0.481 e. The summed E-state index contributed by atoms with van der Waals surface area (Å²) in [5.74, 6) is -1.08. The topological polar surface area (TPSA) is 70.0 Å². The maximum Gasteiger partial charge on any atom is 0.305 e. The van der Waals surface area contributed by atoms with Crippen molar-refractivity contribution < 1.29 is 14.7 Å². The van der Waals surface area contributed by atoms with Crippen molar-refractivity contribution in [2.75, 3.05) is 6.54 Å². The molecule has 0 radical (unpaired) electrons. The van der Waals surface area contributed by atoms with Crippen LogP contribution in [0.5, 0.6) is 0 Å². The number of benzene rings is 1. The van der Waals surface area contributed by atoms with Gasteiger partial charge in [-0.1, -0.05) is 23.7 Å². The van der Waals surface area contributed by atoms with E-state index in [1.165, 1.54) is 5.01 Å². The zero-order chi connectivity index (χ0) is 13.8. The van der Waals surface area contributed by atoms with Crippen LogP contribution in [0.3, 0.4) is 0 Å². The fraction of sp³-hybridized carbons (Fsp3) is 0.308. The van der Waals surface area contributed by atoms with Gasteiger partial charge in [0, 0.05) is 17.9 Å². The maximum absolute atomic E-state index is 11.6. The van der Waals surface area contributed by atoms with Crippen molar-refractivity contribution in [3.63, 3.8) is 0 Å². The van der Waals surface area contributed by atoms with Gasteiger partial charge in [0.05, 0.1) is 18.7 Å². The molecule has 0 saturated carbocycles. The van der Waals surface area contributed by atoms with E-state index < -0.39 is 5.97 Å². The summed E-state index contributed by atoms with van der Waals surface area (Å²) in [7, 11) is 0. The highest BCUT2D eigenvalue weighted by Crippen LogP contribution is 2.17. The van der Waals surface area contributed by atoms with Crippen molar-refractivity contribution in [1.29, 1.82) is 0 Å². The number of hydrogen-bond acceptors (Lipinski definition) is 3. The lowest BCUT2D eigenvalue weighted by atomic mass is 10.0. The summed E-state index contributed by atoms with van der Waals surface area (Å²) in [5.41, 5.74) is 1.68. The number of rotatable bonds is 4. The summed E-state index contributed by atoms with van der Waals surface area (Å²) in [6, 6.07) is 7.20. The molecule has 1 aliphatic rings. The van der Waals surface area contributed by atoms with Crippen LogP contribution in [-0.2, 0) is 9.59 Å². The van der Waals surface area contributed by atoms with Gasteiger partial charge in [0.1, 0.15) is 0 Å². The van der Waals surface area contributed by atoms with Gasteiger partial charge >= 0.3 is 5.97 Å². The third-order valence-electron chi connectivity index (χ3n) is 2.82. The molecule has 1 aromatic rings. The Morgan fingerprint density at radius 3 is 2.63 bits per heavy atom. The number of carboxylic acids is 1. The summed E-state index contributed by atoms with van der Waals surface area (Å²) < 4.78 is 0. The highest BCUT2D eigenvalue weighted by molar-refractivity contribution is 6.30. The molecule has 1 aromatic carbocycles. The molecule has 0 unspecified atom stereocenters. The molecule has 0 spiro atoms. The highest BCUT2D eigenvalue weighted by atomic mass is 35.5. The number of amides is 1. The van der Waals surface area contributed by atoms with Gasteiger partial charge in [-0.05, 0) is 17.7 Å². The van der Waals surface area contributed by atoms with Crippen molar-refractivity contribution in [2.24, 2.45) is 5.10 Å². The lowest BCUT2D eigenvalue weighted by Gasteiger charge is -2.23. The number of halogens is 1. The van der Waals surface area contributed by atoms with Crippen LogP contribution in [-0.4, -0.2) is 34.2 Å². The lowest BCUT2D eigenvalue weighted by molar-refractivity contribution is -0.138. The van der Waals surface area contributed by atoms with Crippen LogP contribution >= 0.6 is 11.6 Å². The second kappa shape index (κ2) is 5.84. The number of hydrazone groups is 1. The number of aliphatic carboxylic acids is 1. The minimum Gasteiger partial charge on any atom is -0.481 e. The fourth-order valence-corrected chi connectivity index (χ4v) is 1.95. The van der Waals surface area contributed by atoms with E-state index in [1.54, 1.807) is 12.1 Å². The molecule has 0 saturated heterocycles. The molecule has 0 fully saturated rings. The standard InChI is InChI=1S/C13H13ClN2O3/c14-10-3-1-9(2-4-10)11-5-6-12(17)16(15-11)8-7-13(18)19/h1-4H,5-8H2,(H,18,19). The van der Waals surface area contributed by atoms with Gasteiger partial charge in [-0.2, -0.15) is 5.10 Å². The first-order valence-electron chi connectivity index (χ1n) is 5.92. The van der Waals surface area contributed by atoms with Crippen LogP contribution in [0.15, 0.2) is 29.4 Å². The Morgan fingerprint density at radius 1 is 1.32 bits per heavy atom. The van der Waals surface area contributed by atoms with Crippen LogP contribution in [0.4, 0.5) is 0 Å². The van der Waals surface area contributed by atoms with E-state index in [9.17, 15) is 9.59 Å². The Bertz CT molecular complexity index is 525. The first-order chi connectivity index (χ1) is 9.06. The Kier molecular flexibility index (Phi) is 4.16. The Balaban J connectivity index is 2.16. The zero-order valence-electron chi connectivity index (χ0n) is 10.2. The van der Waals surface area contributed by atoms with Gasteiger partial charge < -0.3 is 5.11 Å². The van der Waals surface area contributed by atoms with Crippen LogP contribution in [0.2, 0.25) is 5.02 Å². The molecule has 0 atom stereocenters. The molecule has 0 aliphatic carbocycles. The zero-order valence-corrected chi connectivity index (χ0v) is 10.9. The van der Waals surface area contributed by atoms with Gasteiger partial charge in [-0.25, -0.2) is 5.01 Å². The lowest BCUT2D eigenvalue weighted by Crippen LogP contribution is -2.33. The first kappa shape index (κ1) is 13.5. The van der Waals surface area contributed by atoms with Crippen LogP contribution in [0.25, 0.3) is 0 Å². The summed E-state index contributed by atoms with van der Waals surface area (Å²) >= 11 is 5.82. The van der Waals surface area contributed by atoms with E-state index in [4.69, 9.17) is 16.7 Å². The minimum atomic E-state index is -0.943. The predicted octanol–water partition coefficient (Wildman–Crippen LogP) is 2.14. The second-order valence-corrected chi connectivity index (χ2v) is 4.65. The van der Waals surface area contributed by atoms with Gasteiger partial charge in [0.2, 0.25) is 5.91 Å². The number of carboxylic acid groups (broad SMARTS) is 1. The molecule has 6 heteroatoms. The van der Waals surface area contributed by atoms with Crippen molar-refractivity contribution >= 4 is 29.2 Å². The number of carbonyl (C=O) groups excluding carboxylic acids is 1. The van der Waals surface area contributed by atoms with Crippen molar-refractivity contribution in [2.45, 2.75) is 19.3 Å². The number of hydrogen-bond donors (Lipinski definition) is 1. The molecule has 100 valence electrons. The molecule has 0 aromatic heterocycles. The Hall–Kier alpha value is -1.88. The molecular weight excluding hydrogens is 268 g/mol. The monoisotopic (exact) mass is 280 g/mol. The van der Waals surface area contributed by atoms with E-state index in [2.05, 4.69) is 5.10 Å². The summed E-state index contributed by atoms with van der Waals surface area (Å²) in [6.07, 6.45) is 0.800. The van der Waals surface area contributed by atoms with E-state index in [-0.39, 0.29) is 18.9 Å². The molecule has 2 rings (SSSR count). The summed E-state index contributed by atoms with van der Waals surface area (Å²) in [6.45, 7) is 0.102. The van der Waals surface area contributed by atoms with E-state index in [0.29, 0.717) is 17.9 Å². The minimum absolute atomic E-state index is 0.102. The summed E-state index contributed by atoms with van der Waals surface area (Å²) in [5, 5.41) is 14.7. The van der Waals surface area contributed by atoms with Crippen molar-refractivity contribution in [1.82, 2.24) is 5.01 Å². The Morgan fingerprint density at radius 2 is 2.00 bits per heavy atom. The smallest absolute Gasteiger partial charge is 0.305 e. The second-order valence-electron chi connectivity index (χ2n) is 4.21. The quantitative estimate of drug-likeness (QED) is 0.918. The molecule has 5 nitrogen and oxygen atoms in total. The molecular formula is C13H13ClN2O3. The van der Waals surface area contributed by atoms with Gasteiger partial charge in [-0.3, -0.25) is 9.59 Å². The average molecular weight is 281 g/mol. The maximum atomic E-state index is 11.6. The fourth-order valence-electron chi connectivity index (χ4n) is 1.83. The van der Waals surface area contributed by atoms with Gasteiger partial charge in [0.15, 0.2) is 0 Å². The predicted molar refractivity (Wildman–Crippen MR) is 71.2 cm³/mol. The molecule has 0 bridgehead atoms. The molecule has 1 amide bonds. The molecule has 1 N–H and O–H groups in total. The average Bonchev–Trinajstić information content (AvgIpc) is 2.39. The van der Waals surface area contributed by atoms with Crippen molar-refractivity contribution in [3.05, 3.63) is 34.9 Å². The van der Waals surface area contributed by atoms with Crippen LogP contribution in [0, 0.1) is 0 Å². The van der Waals surface area contributed by atoms with Gasteiger partial charge in [0.25, 0.3) is 0 Å². The summed E-state index contributed by atoms with van der Waals surface area (Å²) in [4.78, 5) is 22.2. The molecule has 1 aliphatic heterocycles. The number of nitrogens with zero attached hydrogens (tertiary/aromatic N) is 2. The highest BCUT2D eigenvalue weighted by Gasteiger charge is 2.21. The van der Waals surface area contributed by atoms with Crippen LogP contribution < -0.4 is 0 Å². The van der Waals surface area contributed by atoms with Crippen molar-refractivity contribution in [3.8, 4) is 0 Å². The normalized spacial score (nSPS) is 15.3. The first-order valence-corrected chi connectivity index (χ1v) is 6.29. The van der Waals surface area contributed by atoms with E-state index >= 15 is 0 Å². The third kappa shape index (κ3) is 3.54. The third-order valence-corrected chi connectivity index (χ3v) is 3.07.